The van der Waals surface area contributed by atoms with E-state index in [1.54, 1.807) is 67.9 Å². The molecule has 0 aliphatic heterocycles. The van der Waals surface area contributed by atoms with E-state index in [0.717, 1.165) is 48.5 Å². The Morgan fingerprint density at radius 3 is 0.485 bits per heavy atom. The van der Waals surface area contributed by atoms with Crippen LogP contribution in [0, 0.1) is 0 Å². The molecule has 0 saturated heterocycles. The molecule has 18 rings (SSSR count). The molecule has 103 heavy (non-hydrogen) atoms. The zero-order valence-electron chi connectivity index (χ0n) is 54.6. The molecule has 9 aromatic carbocycles. The Balaban J connectivity index is 0.000000149. The molecule has 0 spiro atoms. The molecule has 0 amide bonds. The fourth-order valence-corrected chi connectivity index (χ4v) is 12.0. The quantitative estimate of drug-likeness (QED) is 0.0891. The third kappa shape index (κ3) is 14.3. The summed E-state index contributed by atoms with van der Waals surface area (Å²) >= 11 is 0. The maximum atomic E-state index is 9.31. The first-order valence-corrected chi connectivity index (χ1v) is 32.4. The zero-order valence-corrected chi connectivity index (χ0v) is 54.6. The number of pyridine rings is 9. The normalized spacial score (nSPS) is 11.2. The van der Waals surface area contributed by atoms with E-state index in [9.17, 15) is 5.11 Å². The fourth-order valence-electron chi connectivity index (χ4n) is 12.0. The first-order chi connectivity index (χ1) is 49.9. The van der Waals surface area contributed by atoms with E-state index in [4.69, 9.17) is 37.2 Å². The van der Waals surface area contributed by atoms with Crippen molar-refractivity contribution in [1.82, 2.24) is 44.9 Å². The molecule has 0 radical (unpaired) electrons. The molecule has 0 bridgehead atoms. The van der Waals surface area contributed by atoms with Crippen molar-refractivity contribution in [3.8, 4) is 51.7 Å². The van der Waals surface area contributed by atoms with Crippen molar-refractivity contribution in [2.24, 2.45) is 0 Å². The topological polar surface area (TPSA) is 210 Å². The molecular weight excluding hydrogens is 1280 g/mol. The van der Waals surface area contributed by atoms with Gasteiger partial charge in [-0.15, -0.1) is 0 Å². The van der Waals surface area contributed by atoms with Crippen molar-refractivity contribution in [3.05, 3.63) is 329 Å². The van der Waals surface area contributed by atoms with Crippen molar-refractivity contribution in [3.63, 3.8) is 0 Å². The summed E-state index contributed by atoms with van der Waals surface area (Å²) in [5, 5.41) is 17.3. The van der Waals surface area contributed by atoms with Crippen molar-refractivity contribution < 1.29 is 61.2 Å². The van der Waals surface area contributed by atoms with Crippen LogP contribution in [-0.4, -0.2) is 63.9 Å². The molecule has 0 aliphatic carbocycles. The summed E-state index contributed by atoms with van der Waals surface area (Å²) < 4.78 is 54.6. The Hall–Kier alpha value is -13.4. The van der Waals surface area contributed by atoms with E-state index in [2.05, 4.69) is 44.9 Å². The molecule has 21 heteroatoms. The van der Waals surface area contributed by atoms with Crippen molar-refractivity contribution in [2.45, 2.75) is 7.43 Å². The SMILES string of the molecule is C.Oc1cccc2cccnc12.[Li+].c1cnc2c(O[B-](Oc3cccc4cccnc34)(Oc3cccc4cccnc34)Oc3cccc4cccnc34)cccc2c1.c1cnc2c(O[B-](Oc3cccc4cccnc34)(Oc3cccc4cccnc34)Oc3cccc4cccnc34)cccc2c1. The summed E-state index contributed by atoms with van der Waals surface area (Å²) in [4.78, 5) is 41.0. The van der Waals surface area contributed by atoms with Crippen LogP contribution in [0.2, 0.25) is 0 Å². The fraction of sp³-hybridized carbons (Fsp3) is 0.0122. The summed E-state index contributed by atoms with van der Waals surface area (Å²) in [5.74, 6) is 3.48. The van der Waals surface area contributed by atoms with Crippen LogP contribution in [0.1, 0.15) is 7.43 Å². The standard InChI is InChI=1S/2C36H24BN4O4.C9H7NO.CH4.Li/c2*1-9-25-13-5-21-38-33(25)29(17-1)42-37(43-30-18-2-10-26-14-6-22-39-34(26)30,44-31-19-3-11-27-15-7-23-40-35(27)31)45-32-20-4-12-28-16-8-24-41-36(28)32;11-8-5-1-3-7-4-2-6-10-9(7)8;;/h2*1-24H;1-6,11H;1H4;/q2*-1;;;+1. The van der Waals surface area contributed by atoms with Gasteiger partial charge in [-0.3, -0.25) is 44.9 Å². The number of phenolic OH excluding ortho intramolecular Hbond substituents is 1. The average molecular weight is 1340 g/mol. The predicted molar refractivity (Wildman–Crippen MR) is 401 cm³/mol. The van der Waals surface area contributed by atoms with Crippen LogP contribution < -0.4 is 56.1 Å². The number of hydrogen-bond acceptors (Lipinski definition) is 18. The van der Waals surface area contributed by atoms with E-state index >= 15 is 0 Å². The van der Waals surface area contributed by atoms with Crippen LogP contribution in [-0.2, 0) is 0 Å². The van der Waals surface area contributed by atoms with Gasteiger partial charge in [-0.2, -0.15) is 0 Å². The molecule has 0 fully saturated rings. The predicted octanol–water partition coefficient (Wildman–Crippen LogP) is 15.4. The van der Waals surface area contributed by atoms with Crippen molar-refractivity contribution in [2.75, 3.05) is 0 Å². The largest absolute Gasteiger partial charge is 1.00 e. The molecule has 0 atom stereocenters. The summed E-state index contributed by atoms with van der Waals surface area (Å²) in [5.41, 5.74) is 5.59. The van der Waals surface area contributed by atoms with Crippen LogP contribution in [0.5, 0.6) is 51.7 Å². The number of hydrogen-bond donors (Lipinski definition) is 1. The Morgan fingerprint density at radius 2 is 0.320 bits per heavy atom. The zero-order chi connectivity index (χ0) is 67.8. The van der Waals surface area contributed by atoms with Crippen LogP contribution in [0.4, 0.5) is 0 Å². The molecule has 0 unspecified atom stereocenters. The molecule has 9 aromatic heterocycles. The van der Waals surface area contributed by atoms with Gasteiger partial charge in [0, 0.05) is 104 Å². The first kappa shape index (κ1) is 66.8. The molecule has 0 aliphatic rings. The van der Waals surface area contributed by atoms with Gasteiger partial charge in [0.05, 0.1) is 0 Å². The molecule has 18 aromatic rings. The number of rotatable bonds is 16. The van der Waals surface area contributed by atoms with Gasteiger partial charge >= 0.3 is 32.8 Å². The monoisotopic (exact) mass is 1340 g/mol. The molecule has 1 N–H and O–H groups in total. The molecule has 494 valence electrons. The van der Waals surface area contributed by atoms with Gasteiger partial charge in [-0.1, -0.05) is 171 Å². The third-order valence-corrected chi connectivity index (χ3v) is 16.5. The summed E-state index contributed by atoms with van der Waals surface area (Å²) in [7, 11) is 0. The average Bonchev–Trinajstić information content (AvgIpc) is 0.768. The second-order valence-corrected chi connectivity index (χ2v) is 23.1. The third-order valence-electron chi connectivity index (χ3n) is 16.5. The molecule has 9 heterocycles. The minimum atomic E-state index is -3.21. The summed E-state index contributed by atoms with van der Waals surface area (Å²) in [6.45, 7) is -6.43. The van der Waals surface area contributed by atoms with E-state index in [1.165, 1.54) is 0 Å². The maximum Gasteiger partial charge on any atom is 1.00 e. The first-order valence-electron chi connectivity index (χ1n) is 32.4. The summed E-state index contributed by atoms with van der Waals surface area (Å²) in [6, 6.07) is 85.1. The van der Waals surface area contributed by atoms with Gasteiger partial charge in [0.1, 0.15) is 101 Å². The Morgan fingerprint density at radius 1 is 0.184 bits per heavy atom. The van der Waals surface area contributed by atoms with Gasteiger partial charge < -0.3 is 42.3 Å². The van der Waals surface area contributed by atoms with Crippen LogP contribution >= 0.6 is 0 Å². The number of phenols is 1. The minimum absolute atomic E-state index is 0. The smallest absolute Gasteiger partial charge is 0.610 e. The van der Waals surface area contributed by atoms with E-state index < -0.39 is 13.9 Å². The number of fused-ring (bicyclic) bond motifs is 9. The van der Waals surface area contributed by atoms with Gasteiger partial charge in [0.15, 0.2) is 0 Å². The van der Waals surface area contributed by atoms with Crippen LogP contribution in [0.15, 0.2) is 329 Å². The minimum Gasteiger partial charge on any atom is -0.610 e. The van der Waals surface area contributed by atoms with E-state index in [1.807, 2.05) is 261 Å². The Kier molecular flexibility index (Phi) is 19.4. The van der Waals surface area contributed by atoms with E-state index in [-0.39, 0.29) is 32.0 Å². The van der Waals surface area contributed by atoms with Crippen LogP contribution in [0.3, 0.4) is 0 Å². The maximum absolute atomic E-state index is 9.31. The number of aromatic hydroxyl groups is 1. The van der Waals surface area contributed by atoms with E-state index in [0.29, 0.717) is 95.6 Å². The molecule has 18 nitrogen and oxygen atoms in total. The number of aromatic nitrogens is 9. The number of benzene rings is 9. The summed E-state index contributed by atoms with van der Waals surface area (Å²) in [6.07, 6.45) is 15.4. The Bertz CT molecular complexity index is 5040. The Labute approximate surface area is 602 Å². The van der Waals surface area contributed by atoms with Crippen molar-refractivity contribution >= 4 is 112 Å². The van der Waals surface area contributed by atoms with Crippen LogP contribution in [0.25, 0.3) is 98.1 Å². The van der Waals surface area contributed by atoms with Gasteiger partial charge in [-0.05, 0) is 109 Å². The van der Waals surface area contributed by atoms with Gasteiger partial charge in [0.25, 0.3) is 0 Å². The second kappa shape index (κ2) is 30.0. The second-order valence-electron chi connectivity index (χ2n) is 23.1. The van der Waals surface area contributed by atoms with Crippen molar-refractivity contribution in [1.29, 1.82) is 0 Å². The molecule has 0 saturated carbocycles. The van der Waals surface area contributed by atoms with Gasteiger partial charge in [0.2, 0.25) is 0 Å². The molecular formula is C82H59B2LiN9O9-. The number of para-hydroxylation sites is 9. The van der Waals surface area contributed by atoms with Gasteiger partial charge in [-0.25, -0.2) is 0 Å². The number of nitrogens with zero attached hydrogens (tertiary/aromatic N) is 9.